The van der Waals surface area contributed by atoms with Gasteiger partial charge in [-0.15, -0.1) is 0 Å². The van der Waals surface area contributed by atoms with E-state index in [-0.39, 0.29) is 41.6 Å². The lowest BCUT2D eigenvalue weighted by molar-refractivity contribution is -0.137. The van der Waals surface area contributed by atoms with E-state index < -0.39 is 84.6 Å². The van der Waals surface area contributed by atoms with Gasteiger partial charge in [0.1, 0.15) is 36.3 Å². The molecule has 0 bridgehead atoms. The summed E-state index contributed by atoms with van der Waals surface area (Å²) in [6, 6.07) is 0. The standard InChI is InChI=1S/C28H46N7O17P3S/c1-16(2)6-5-7-19(37)56-11-10-30-18(36)8-9-31-26(40)23(39)28(3,4)13-49-55(46,47)52-54(44,45)48-12-17-22(51-53(41,42)43)21(38)27(50-17)35-15-34-20-24(29)32-14-33-25(20)35/h5,7,14-17,21-23,27,38-39H,6,8-13H2,1-4H3,(H,30,36)(H,31,40)(H,44,45)(H,46,47)(H2,29,32,33)(H2,41,42,43)/b7-5+/t17-,21-,22-,23+,27-/m0/s1. The van der Waals surface area contributed by atoms with E-state index in [4.69, 9.17) is 19.5 Å². The molecule has 1 aliphatic rings. The van der Waals surface area contributed by atoms with Crippen LogP contribution in [0.5, 0.6) is 0 Å². The Labute approximate surface area is 324 Å². The number of amides is 2. The molecule has 3 rings (SSSR count). The number of nitrogen functional groups attached to an aromatic ring is 1. The molecule has 28 heteroatoms. The lowest BCUT2D eigenvalue weighted by Crippen LogP contribution is -2.46. The minimum atomic E-state index is -5.57. The van der Waals surface area contributed by atoms with Crippen LogP contribution >= 0.6 is 35.2 Å². The zero-order chi connectivity index (χ0) is 42.1. The third-order valence-corrected chi connectivity index (χ3v) is 11.5. The van der Waals surface area contributed by atoms with Crippen LogP contribution in [-0.4, -0.2) is 123 Å². The smallest absolute Gasteiger partial charge is 0.386 e. The molecule has 0 aromatic carbocycles. The number of imidazole rings is 1. The van der Waals surface area contributed by atoms with Crippen molar-refractivity contribution < 1.29 is 80.5 Å². The van der Waals surface area contributed by atoms with Crippen molar-refractivity contribution >= 4 is 69.1 Å². The highest BCUT2D eigenvalue weighted by molar-refractivity contribution is 8.14. The van der Waals surface area contributed by atoms with Crippen LogP contribution in [0.15, 0.2) is 24.8 Å². The fourth-order valence-electron chi connectivity index (χ4n) is 4.77. The van der Waals surface area contributed by atoms with Gasteiger partial charge in [-0.05, 0) is 18.4 Å². The molecule has 3 heterocycles. The number of aliphatic hydroxyl groups excluding tert-OH is 2. The summed E-state index contributed by atoms with van der Waals surface area (Å²) in [5, 5.41) is 26.2. The van der Waals surface area contributed by atoms with Crippen LogP contribution < -0.4 is 16.4 Å². The van der Waals surface area contributed by atoms with Crippen molar-refractivity contribution in [3.63, 3.8) is 0 Å². The van der Waals surface area contributed by atoms with Gasteiger partial charge in [0.25, 0.3) is 0 Å². The number of carbonyl (C=O) groups is 3. The number of phosphoric acid groups is 3. The molecule has 1 saturated heterocycles. The highest BCUT2D eigenvalue weighted by Gasteiger charge is 2.50. The highest BCUT2D eigenvalue weighted by Crippen LogP contribution is 2.61. The van der Waals surface area contributed by atoms with Crippen molar-refractivity contribution in [2.75, 3.05) is 37.8 Å². The molecule has 56 heavy (non-hydrogen) atoms. The van der Waals surface area contributed by atoms with E-state index in [1.807, 2.05) is 13.8 Å². The Morgan fingerprint density at radius 1 is 1.07 bits per heavy atom. The number of ether oxygens (including phenoxy) is 1. The first-order chi connectivity index (χ1) is 25.9. The zero-order valence-corrected chi connectivity index (χ0v) is 34.0. The summed E-state index contributed by atoms with van der Waals surface area (Å²) in [6.45, 7) is 4.53. The van der Waals surface area contributed by atoms with E-state index in [0.29, 0.717) is 11.7 Å². The normalized spacial score (nSPS) is 21.9. The van der Waals surface area contributed by atoms with E-state index in [9.17, 15) is 57.9 Å². The van der Waals surface area contributed by atoms with E-state index in [1.165, 1.54) is 19.9 Å². The Morgan fingerprint density at radius 2 is 1.75 bits per heavy atom. The van der Waals surface area contributed by atoms with E-state index >= 15 is 0 Å². The summed E-state index contributed by atoms with van der Waals surface area (Å²) in [6.07, 6.45) is -2.88. The Balaban J connectivity index is 1.48. The van der Waals surface area contributed by atoms with Crippen molar-refractivity contribution in [1.82, 2.24) is 30.2 Å². The number of fused-ring (bicyclic) bond motifs is 1. The molecule has 1 fully saturated rings. The molecule has 0 radical (unpaired) electrons. The minimum Gasteiger partial charge on any atom is -0.386 e. The van der Waals surface area contributed by atoms with Gasteiger partial charge >= 0.3 is 23.5 Å². The Morgan fingerprint density at radius 3 is 2.41 bits per heavy atom. The number of nitrogens with one attached hydrogen (secondary N) is 2. The second-order valence-electron chi connectivity index (χ2n) is 13.3. The average molecular weight is 878 g/mol. The van der Waals surface area contributed by atoms with E-state index in [1.54, 1.807) is 6.08 Å². The van der Waals surface area contributed by atoms with Gasteiger partial charge in [-0.3, -0.25) is 32.5 Å². The molecule has 2 unspecified atom stereocenters. The molecule has 1 aliphatic heterocycles. The summed E-state index contributed by atoms with van der Waals surface area (Å²) in [4.78, 5) is 87.4. The monoisotopic (exact) mass is 877 g/mol. The molecular weight excluding hydrogens is 831 g/mol. The van der Waals surface area contributed by atoms with Crippen LogP contribution in [0.1, 0.15) is 46.8 Å². The third kappa shape index (κ3) is 14.9. The lowest BCUT2D eigenvalue weighted by Gasteiger charge is -2.30. The van der Waals surface area contributed by atoms with Gasteiger partial charge in [0.05, 0.1) is 19.5 Å². The Bertz CT molecular complexity index is 1860. The molecule has 0 saturated carbocycles. The van der Waals surface area contributed by atoms with Gasteiger partial charge in [0.2, 0.25) is 16.9 Å². The van der Waals surface area contributed by atoms with Crippen LogP contribution in [0.25, 0.3) is 11.2 Å². The second kappa shape index (κ2) is 20.3. The van der Waals surface area contributed by atoms with Crippen molar-refractivity contribution in [3.05, 3.63) is 24.8 Å². The number of aliphatic hydroxyl groups is 2. The number of hydrogen-bond acceptors (Lipinski definition) is 18. The topological polar surface area (TPSA) is 364 Å². The molecule has 7 atom stereocenters. The Hall–Kier alpha value is -2.70. The summed E-state index contributed by atoms with van der Waals surface area (Å²) in [5.74, 6) is -0.703. The summed E-state index contributed by atoms with van der Waals surface area (Å²) in [5.41, 5.74) is 4.26. The van der Waals surface area contributed by atoms with Crippen LogP contribution in [-0.2, 0) is 50.7 Å². The molecule has 0 spiro atoms. The molecule has 2 aromatic heterocycles. The van der Waals surface area contributed by atoms with Crippen LogP contribution in [0.3, 0.4) is 0 Å². The predicted octanol–water partition coefficient (Wildman–Crippen LogP) is 0.267. The number of thioether (sulfide) groups is 1. The zero-order valence-electron chi connectivity index (χ0n) is 30.5. The first-order valence-corrected chi connectivity index (χ1v) is 22.1. The minimum absolute atomic E-state index is 0.0304. The summed E-state index contributed by atoms with van der Waals surface area (Å²) < 4.78 is 62.1. The first kappa shape index (κ1) is 47.7. The SMILES string of the molecule is CC(C)C/C=C/C(=O)SCCNC(=O)CCNC(=O)[C@@H](O)C(C)(C)COP(=O)(O)OP(=O)(O)OC[C@@H]1O[C@H](n2cnc3c(N)ncnc32)[C@@H](O)[C@H]1OP(=O)(O)O. The number of phosphoric ester groups is 3. The van der Waals surface area contributed by atoms with Gasteiger partial charge in [0, 0.05) is 30.7 Å². The number of nitrogens with two attached hydrogens (primary N) is 1. The van der Waals surface area contributed by atoms with Crippen molar-refractivity contribution in [3.8, 4) is 0 Å². The lowest BCUT2D eigenvalue weighted by atomic mass is 9.87. The Kier molecular flexibility index (Phi) is 17.3. The number of anilines is 1. The summed E-state index contributed by atoms with van der Waals surface area (Å²) in [7, 11) is -16.4. The van der Waals surface area contributed by atoms with E-state index in [0.717, 1.165) is 35.4 Å². The number of rotatable bonds is 22. The van der Waals surface area contributed by atoms with Gasteiger partial charge < -0.3 is 50.9 Å². The van der Waals surface area contributed by atoms with Crippen molar-refractivity contribution in [2.24, 2.45) is 11.3 Å². The van der Waals surface area contributed by atoms with Crippen LogP contribution in [0.2, 0.25) is 0 Å². The molecule has 10 N–H and O–H groups in total. The fourth-order valence-corrected chi connectivity index (χ4v) is 8.19. The van der Waals surface area contributed by atoms with Gasteiger partial charge in [-0.25, -0.2) is 28.6 Å². The van der Waals surface area contributed by atoms with Gasteiger partial charge in [-0.2, -0.15) is 4.31 Å². The predicted molar refractivity (Wildman–Crippen MR) is 196 cm³/mol. The fraction of sp³-hybridized carbons (Fsp3) is 0.643. The molecular formula is C28H46N7O17P3S. The van der Waals surface area contributed by atoms with Crippen molar-refractivity contribution in [1.29, 1.82) is 0 Å². The number of carbonyl (C=O) groups excluding carboxylic acids is 3. The number of allylic oxidation sites excluding steroid dienone is 1. The molecule has 316 valence electrons. The largest absolute Gasteiger partial charge is 0.481 e. The third-order valence-electron chi connectivity index (χ3n) is 7.61. The maximum Gasteiger partial charge on any atom is 0.481 e. The quantitative estimate of drug-likeness (QED) is 0.0435. The number of nitrogens with zero attached hydrogens (tertiary/aromatic N) is 4. The summed E-state index contributed by atoms with van der Waals surface area (Å²) >= 11 is 1.04. The second-order valence-corrected chi connectivity index (χ2v) is 18.6. The average Bonchev–Trinajstić information content (AvgIpc) is 3.64. The molecule has 0 aliphatic carbocycles. The molecule has 2 aromatic rings. The van der Waals surface area contributed by atoms with E-state index in [2.05, 4.69) is 34.4 Å². The number of aromatic nitrogens is 4. The molecule has 24 nitrogen and oxygen atoms in total. The first-order valence-electron chi connectivity index (χ1n) is 16.6. The number of hydrogen-bond donors (Lipinski definition) is 9. The highest BCUT2D eigenvalue weighted by atomic mass is 32.2. The van der Waals surface area contributed by atoms with Crippen LogP contribution in [0, 0.1) is 11.3 Å². The van der Waals surface area contributed by atoms with Gasteiger partial charge in [-0.1, -0.05) is 45.5 Å². The molecule has 2 amide bonds. The maximum absolute atomic E-state index is 12.7. The van der Waals surface area contributed by atoms with Crippen LogP contribution in [0.4, 0.5) is 5.82 Å². The van der Waals surface area contributed by atoms with Crippen molar-refractivity contribution in [2.45, 2.75) is 71.2 Å². The maximum atomic E-state index is 12.7. The van der Waals surface area contributed by atoms with Gasteiger partial charge in [0.15, 0.2) is 17.7 Å².